The van der Waals surface area contributed by atoms with Crippen LogP contribution < -0.4 is 10.1 Å². The molecule has 0 spiro atoms. The van der Waals surface area contributed by atoms with E-state index in [1.54, 1.807) is 13.3 Å². The van der Waals surface area contributed by atoms with E-state index in [-0.39, 0.29) is 12.1 Å². The maximum atomic E-state index is 5.47. The van der Waals surface area contributed by atoms with E-state index in [1.807, 2.05) is 23.9 Å². The zero-order valence-electron chi connectivity index (χ0n) is 12.2. The Morgan fingerprint density at radius 3 is 2.40 bits per heavy atom. The van der Waals surface area contributed by atoms with E-state index in [0.29, 0.717) is 0 Å². The first-order chi connectivity index (χ1) is 9.58. The molecule has 0 radical (unpaired) electrons. The first-order valence-electron chi connectivity index (χ1n) is 6.62. The summed E-state index contributed by atoms with van der Waals surface area (Å²) in [5.41, 5.74) is 2.23. The van der Waals surface area contributed by atoms with Gasteiger partial charge in [0.15, 0.2) is 5.75 Å². The van der Waals surface area contributed by atoms with Crippen molar-refractivity contribution >= 4 is 15.9 Å². The highest BCUT2D eigenvalue weighted by molar-refractivity contribution is 9.10. The molecule has 0 fully saturated rings. The van der Waals surface area contributed by atoms with Crippen LogP contribution >= 0.6 is 15.9 Å². The smallest absolute Gasteiger partial charge is 0.161 e. The number of ether oxygens (including phenoxy) is 1. The topological polar surface area (TPSA) is 39.1 Å². The van der Waals surface area contributed by atoms with E-state index >= 15 is 0 Å². The van der Waals surface area contributed by atoms with E-state index in [0.717, 1.165) is 15.9 Å². The lowest BCUT2D eigenvalue weighted by Crippen LogP contribution is -2.23. The summed E-state index contributed by atoms with van der Waals surface area (Å²) in [7, 11) is 3.63. The van der Waals surface area contributed by atoms with Crippen molar-refractivity contribution in [3.8, 4) is 5.75 Å². The Hall–Kier alpha value is -1.33. The summed E-state index contributed by atoms with van der Waals surface area (Å²) in [5.74, 6) is 0.806. The largest absolute Gasteiger partial charge is 0.493 e. The van der Waals surface area contributed by atoms with Crippen molar-refractivity contribution in [1.29, 1.82) is 0 Å². The Bertz CT molecular complexity index is 563. The SMILES string of the molecule is CNC(c1ccc(Br)cc1)c1c(OC)cnn1C(C)C. The molecule has 20 heavy (non-hydrogen) atoms. The van der Waals surface area contributed by atoms with Crippen LogP contribution in [0.25, 0.3) is 0 Å². The summed E-state index contributed by atoms with van der Waals surface area (Å²) >= 11 is 3.47. The minimum absolute atomic E-state index is 0.0444. The number of hydrogen-bond donors (Lipinski definition) is 1. The minimum atomic E-state index is 0.0444. The van der Waals surface area contributed by atoms with Crippen LogP contribution in [0.15, 0.2) is 34.9 Å². The van der Waals surface area contributed by atoms with Crippen molar-refractivity contribution in [2.24, 2.45) is 0 Å². The van der Waals surface area contributed by atoms with Crippen molar-refractivity contribution in [3.05, 3.63) is 46.2 Å². The van der Waals surface area contributed by atoms with Crippen molar-refractivity contribution in [2.75, 3.05) is 14.2 Å². The summed E-state index contributed by atoms with van der Waals surface area (Å²) in [4.78, 5) is 0. The molecular formula is C15H20BrN3O. The highest BCUT2D eigenvalue weighted by Gasteiger charge is 2.23. The van der Waals surface area contributed by atoms with Gasteiger partial charge in [-0.1, -0.05) is 28.1 Å². The van der Waals surface area contributed by atoms with Gasteiger partial charge in [-0.05, 0) is 38.6 Å². The Morgan fingerprint density at radius 1 is 1.25 bits per heavy atom. The van der Waals surface area contributed by atoms with Gasteiger partial charge in [0.2, 0.25) is 0 Å². The van der Waals surface area contributed by atoms with Gasteiger partial charge >= 0.3 is 0 Å². The van der Waals surface area contributed by atoms with Gasteiger partial charge in [-0.3, -0.25) is 4.68 Å². The van der Waals surface area contributed by atoms with E-state index in [4.69, 9.17) is 4.74 Å². The highest BCUT2D eigenvalue weighted by atomic mass is 79.9. The third kappa shape index (κ3) is 2.88. The fourth-order valence-electron chi connectivity index (χ4n) is 2.32. The van der Waals surface area contributed by atoms with Gasteiger partial charge in [-0.15, -0.1) is 0 Å². The third-order valence-corrected chi connectivity index (χ3v) is 3.80. The maximum Gasteiger partial charge on any atom is 0.161 e. The van der Waals surface area contributed by atoms with Gasteiger partial charge in [0, 0.05) is 10.5 Å². The molecular weight excluding hydrogens is 318 g/mol. The molecule has 1 N–H and O–H groups in total. The van der Waals surface area contributed by atoms with E-state index in [2.05, 4.69) is 52.3 Å². The normalized spacial score (nSPS) is 12.7. The van der Waals surface area contributed by atoms with Crippen LogP contribution in [0.2, 0.25) is 0 Å². The molecule has 1 atom stereocenters. The van der Waals surface area contributed by atoms with Crippen molar-refractivity contribution < 1.29 is 4.74 Å². The molecule has 0 saturated heterocycles. The number of halogens is 1. The molecule has 0 aliphatic heterocycles. The molecule has 108 valence electrons. The average molecular weight is 338 g/mol. The Balaban J connectivity index is 2.50. The number of benzene rings is 1. The molecule has 0 saturated carbocycles. The quantitative estimate of drug-likeness (QED) is 0.906. The number of hydrogen-bond acceptors (Lipinski definition) is 3. The van der Waals surface area contributed by atoms with Crippen LogP contribution in [0.3, 0.4) is 0 Å². The van der Waals surface area contributed by atoms with Crippen molar-refractivity contribution in [3.63, 3.8) is 0 Å². The zero-order chi connectivity index (χ0) is 14.7. The second-order valence-corrected chi connectivity index (χ2v) is 5.83. The molecule has 0 amide bonds. The summed E-state index contributed by atoms with van der Waals surface area (Å²) in [6.07, 6.45) is 1.78. The average Bonchev–Trinajstić information content (AvgIpc) is 2.86. The van der Waals surface area contributed by atoms with Crippen LogP contribution in [-0.2, 0) is 0 Å². The molecule has 0 aliphatic carbocycles. The predicted octanol–water partition coefficient (Wildman–Crippen LogP) is 3.54. The van der Waals surface area contributed by atoms with Gasteiger partial charge < -0.3 is 10.1 Å². The molecule has 0 bridgehead atoms. The molecule has 2 aromatic rings. The standard InChI is InChI=1S/C15H20BrN3O/c1-10(2)19-15(13(20-4)9-18-19)14(17-3)11-5-7-12(16)8-6-11/h5-10,14,17H,1-4H3. The lowest BCUT2D eigenvalue weighted by molar-refractivity contribution is 0.396. The van der Waals surface area contributed by atoms with Crippen LogP contribution in [-0.4, -0.2) is 23.9 Å². The van der Waals surface area contributed by atoms with Crippen molar-refractivity contribution in [2.45, 2.75) is 25.9 Å². The summed E-state index contributed by atoms with van der Waals surface area (Å²) in [5, 5.41) is 7.79. The van der Waals surface area contributed by atoms with Crippen molar-refractivity contribution in [1.82, 2.24) is 15.1 Å². The number of nitrogens with zero attached hydrogens (tertiary/aromatic N) is 2. The maximum absolute atomic E-state index is 5.47. The lowest BCUT2D eigenvalue weighted by atomic mass is 10.0. The van der Waals surface area contributed by atoms with Gasteiger partial charge in [-0.25, -0.2) is 0 Å². The summed E-state index contributed by atoms with van der Waals surface area (Å²) < 4.78 is 8.54. The molecule has 0 aliphatic rings. The molecule has 5 heteroatoms. The summed E-state index contributed by atoms with van der Waals surface area (Å²) in [6, 6.07) is 8.61. The molecule has 1 unspecified atom stereocenters. The molecule has 2 rings (SSSR count). The van der Waals surface area contributed by atoms with Crippen LogP contribution in [0.5, 0.6) is 5.75 Å². The minimum Gasteiger partial charge on any atom is -0.493 e. The Kier molecular flexibility index (Phi) is 4.83. The van der Waals surface area contributed by atoms with Crippen LogP contribution in [0.4, 0.5) is 0 Å². The first-order valence-corrected chi connectivity index (χ1v) is 7.42. The third-order valence-electron chi connectivity index (χ3n) is 3.27. The van der Waals surface area contributed by atoms with Gasteiger partial charge in [0.1, 0.15) is 5.69 Å². The van der Waals surface area contributed by atoms with E-state index < -0.39 is 0 Å². The molecule has 1 heterocycles. The lowest BCUT2D eigenvalue weighted by Gasteiger charge is -2.21. The monoisotopic (exact) mass is 337 g/mol. The van der Waals surface area contributed by atoms with Gasteiger partial charge in [0.05, 0.1) is 19.3 Å². The number of rotatable bonds is 5. The van der Waals surface area contributed by atoms with Crippen LogP contribution in [0.1, 0.15) is 37.2 Å². The van der Waals surface area contributed by atoms with Crippen LogP contribution in [0, 0.1) is 0 Å². The molecule has 1 aromatic heterocycles. The van der Waals surface area contributed by atoms with E-state index in [9.17, 15) is 0 Å². The first kappa shape index (κ1) is 15.1. The summed E-state index contributed by atoms with van der Waals surface area (Å²) in [6.45, 7) is 4.23. The van der Waals surface area contributed by atoms with Gasteiger partial charge in [0.25, 0.3) is 0 Å². The predicted molar refractivity (Wildman–Crippen MR) is 84.2 cm³/mol. The molecule has 1 aromatic carbocycles. The number of methoxy groups -OCH3 is 1. The zero-order valence-corrected chi connectivity index (χ0v) is 13.8. The highest BCUT2D eigenvalue weighted by Crippen LogP contribution is 2.32. The Morgan fingerprint density at radius 2 is 1.90 bits per heavy atom. The second-order valence-electron chi connectivity index (χ2n) is 4.91. The number of nitrogens with one attached hydrogen (secondary N) is 1. The fraction of sp³-hybridized carbons (Fsp3) is 0.400. The molecule has 4 nitrogen and oxygen atoms in total. The fourth-order valence-corrected chi connectivity index (χ4v) is 2.58. The number of aromatic nitrogens is 2. The Labute approximate surface area is 128 Å². The van der Waals surface area contributed by atoms with E-state index in [1.165, 1.54) is 5.56 Å². The second kappa shape index (κ2) is 6.41. The van der Waals surface area contributed by atoms with Gasteiger partial charge in [-0.2, -0.15) is 5.10 Å².